The molecule has 0 radical (unpaired) electrons. The van der Waals surface area contributed by atoms with Gasteiger partial charge in [0.25, 0.3) is 0 Å². The second-order valence-corrected chi connectivity index (χ2v) is 18.3. The molecule has 0 spiro atoms. The van der Waals surface area contributed by atoms with E-state index in [1.165, 1.54) is 60.5 Å². The Bertz CT molecular complexity index is 4460. The summed E-state index contributed by atoms with van der Waals surface area (Å²) in [6.07, 6.45) is 0. The molecule has 0 unspecified atom stereocenters. The van der Waals surface area contributed by atoms with E-state index >= 15 is 0 Å². The minimum Gasteiger partial charge on any atom is -0.309 e. The van der Waals surface area contributed by atoms with Crippen LogP contribution >= 0.6 is 0 Å². The summed E-state index contributed by atoms with van der Waals surface area (Å²) < 4.78 is 4.95. The van der Waals surface area contributed by atoms with Gasteiger partial charge in [-0.25, -0.2) is 15.0 Å². The van der Waals surface area contributed by atoms with Crippen LogP contribution in [0.3, 0.4) is 0 Å². The second-order valence-electron chi connectivity index (χ2n) is 18.3. The molecular formula is C65H39N5. The first kappa shape index (κ1) is 38.6. The minimum atomic E-state index is 0.616. The van der Waals surface area contributed by atoms with Crippen molar-refractivity contribution < 1.29 is 0 Å². The first-order valence-electron chi connectivity index (χ1n) is 23.8. The molecule has 324 valence electrons. The molecule has 0 N–H and O–H groups in total. The summed E-state index contributed by atoms with van der Waals surface area (Å²) in [4.78, 5) is 16.1. The smallest absolute Gasteiger partial charge is 0.164 e. The fraction of sp³-hybridized carbons (Fsp3) is 0. The third-order valence-electron chi connectivity index (χ3n) is 14.5. The van der Waals surface area contributed by atoms with Crippen molar-refractivity contribution >= 4 is 65.2 Å². The van der Waals surface area contributed by atoms with Gasteiger partial charge in [0.1, 0.15) is 0 Å². The highest BCUT2D eigenvalue weighted by Crippen LogP contribution is 2.48. The topological polar surface area (TPSA) is 48.5 Å². The van der Waals surface area contributed by atoms with Gasteiger partial charge < -0.3 is 9.13 Å². The molecule has 0 atom stereocenters. The van der Waals surface area contributed by atoms with Gasteiger partial charge >= 0.3 is 0 Å². The average Bonchev–Trinajstić information content (AvgIpc) is 3.89. The van der Waals surface area contributed by atoms with Crippen molar-refractivity contribution in [3.05, 3.63) is 237 Å². The lowest BCUT2D eigenvalue weighted by atomic mass is 9.94. The number of rotatable bonds is 5. The third-order valence-corrected chi connectivity index (χ3v) is 14.5. The van der Waals surface area contributed by atoms with Crippen LogP contribution in [0.2, 0.25) is 0 Å². The second kappa shape index (κ2) is 15.0. The van der Waals surface area contributed by atoms with Gasteiger partial charge in [0.05, 0.1) is 27.8 Å². The number of fused-ring (bicyclic) bond motifs is 13. The zero-order chi connectivity index (χ0) is 45.9. The Morgan fingerprint density at radius 2 is 0.771 bits per heavy atom. The molecule has 1 aliphatic heterocycles. The van der Waals surface area contributed by atoms with Crippen LogP contribution in [-0.2, 0) is 0 Å². The SMILES string of the molecule is c1ccc(-c2ccc(-c3nc(-c4cccc5ccccc45)nc(-c4cc(-n5c6ccccc6c6cc7c(cc65)c5cccc6c5n7-c5ccccc5-c5ccccc5-6)cc5ccccc45)n3)cc2)cc1. The summed E-state index contributed by atoms with van der Waals surface area (Å²) in [7, 11) is 0. The molecule has 0 aliphatic carbocycles. The number of hydrogen-bond acceptors (Lipinski definition) is 3. The molecule has 0 amide bonds. The van der Waals surface area contributed by atoms with E-state index in [0.717, 1.165) is 66.1 Å². The van der Waals surface area contributed by atoms with E-state index in [1.807, 2.05) is 6.07 Å². The summed E-state index contributed by atoms with van der Waals surface area (Å²) in [5.41, 5.74) is 17.0. The van der Waals surface area contributed by atoms with Crippen LogP contribution in [0.5, 0.6) is 0 Å². The molecule has 70 heavy (non-hydrogen) atoms. The highest BCUT2D eigenvalue weighted by Gasteiger charge is 2.26. The third kappa shape index (κ3) is 5.76. The van der Waals surface area contributed by atoms with Gasteiger partial charge in [-0.2, -0.15) is 0 Å². The number of para-hydroxylation sites is 3. The lowest BCUT2D eigenvalue weighted by molar-refractivity contribution is 1.08. The van der Waals surface area contributed by atoms with Gasteiger partial charge in [-0.15, -0.1) is 0 Å². The summed E-state index contributed by atoms with van der Waals surface area (Å²) in [5.74, 6) is 1.87. The Hall–Kier alpha value is -9.45. The van der Waals surface area contributed by atoms with E-state index in [2.05, 4.69) is 240 Å². The molecule has 5 heteroatoms. The van der Waals surface area contributed by atoms with Crippen molar-refractivity contribution in [2.24, 2.45) is 0 Å². The Kier molecular flexibility index (Phi) is 8.29. The molecule has 14 aromatic rings. The highest BCUT2D eigenvalue weighted by molar-refractivity contribution is 6.22. The van der Waals surface area contributed by atoms with Crippen molar-refractivity contribution in [2.75, 3.05) is 0 Å². The lowest BCUT2D eigenvalue weighted by Gasteiger charge is -2.15. The molecule has 5 nitrogen and oxygen atoms in total. The summed E-state index contributed by atoms with van der Waals surface area (Å²) in [5, 5.41) is 9.22. The van der Waals surface area contributed by atoms with Gasteiger partial charge in [0.15, 0.2) is 17.5 Å². The monoisotopic (exact) mass is 889 g/mol. The van der Waals surface area contributed by atoms with Crippen LogP contribution in [0.1, 0.15) is 0 Å². The summed E-state index contributed by atoms with van der Waals surface area (Å²) in [6, 6.07) is 85.2. The number of aromatic nitrogens is 5. The van der Waals surface area contributed by atoms with Crippen molar-refractivity contribution in [3.8, 4) is 78.9 Å². The highest BCUT2D eigenvalue weighted by atomic mass is 15.0. The van der Waals surface area contributed by atoms with Crippen LogP contribution in [0.15, 0.2) is 237 Å². The Morgan fingerprint density at radius 1 is 0.257 bits per heavy atom. The van der Waals surface area contributed by atoms with Crippen molar-refractivity contribution in [1.82, 2.24) is 24.1 Å². The molecule has 0 saturated heterocycles. The van der Waals surface area contributed by atoms with Crippen LogP contribution < -0.4 is 0 Å². The predicted octanol–water partition coefficient (Wildman–Crippen LogP) is 16.7. The van der Waals surface area contributed by atoms with E-state index in [4.69, 9.17) is 15.0 Å². The maximum Gasteiger partial charge on any atom is 0.164 e. The van der Waals surface area contributed by atoms with Crippen LogP contribution in [0, 0.1) is 0 Å². The number of benzene rings is 11. The summed E-state index contributed by atoms with van der Waals surface area (Å²) >= 11 is 0. The van der Waals surface area contributed by atoms with Crippen molar-refractivity contribution in [3.63, 3.8) is 0 Å². The van der Waals surface area contributed by atoms with Gasteiger partial charge in [-0.05, 0) is 80.2 Å². The molecule has 1 aliphatic rings. The minimum absolute atomic E-state index is 0.616. The Morgan fingerprint density at radius 3 is 1.59 bits per heavy atom. The lowest BCUT2D eigenvalue weighted by Crippen LogP contribution is -2.02. The normalized spacial score (nSPS) is 12.0. The average molecular weight is 890 g/mol. The maximum atomic E-state index is 5.42. The predicted molar refractivity (Wildman–Crippen MR) is 290 cm³/mol. The molecule has 0 saturated carbocycles. The largest absolute Gasteiger partial charge is 0.309 e. The van der Waals surface area contributed by atoms with Gasteiger partial charge in [0, 0.05) is 55.0 Å². The van der Waals surface area contributed by atoms with Gasteiger partial charge in [-0.1, -0.05) is 200 Å². The standard InChI is InChI=1S/C65H39N5/c1-2-16-40(17-3-1)41-32-34-43(35-33-41)63-66-64(54-29-14-20-42-18-4-6-21-46(42)54)68-65(67-63)57-37-45(36-44-19-5-7-22-47(44)57)69-58-30-12-11-26-51(58)55-38-61-56(39-60(55)69)53-28-15-27-52-49-24-9-8-23-48(49)50-25-10-13-31-59(50)70(61)62(52)53/h1-39H. The maximum absolute atomic E-state index is 5.42. The molecule has 3 aromatic heterocycles. The van der Waals surface area contributed by atoms with Crippen LogP contribution in [0.4, 0.5) is 0 Å². The molecule has 0 bridgehead atoms. The Balaban J connectivity index is 0.989. The van der Waals surface area contributed by atoms with Gasteiger partial charge in [-0.3, -0.25) is 0 Å². The van der Waals surface area contributed by atoms with Crippen molar-refractivity contribution in [2.45, 2.75) is 0 Å². The first-order valence-corrected chi connectivity index (χ1v) is 23.8. The van der Waals surface area contributed by atoms with E-state index in [1.54, 1.807) is 0 Å². The number of nitrogens with zero attached hydrogens (tertiary/aromatic N) is 5. The van der Waals surface area contributed by atoms with Crippen molar-refractivity contribution in [1.29, 1.82) is 0 Å². The summed E-state index contributed by atoms with van der Waals surface area (Å²) in [6.45, 7) is 0. The number of hydrogen-bond donors (Lipinski definition) is 0. The zero-order valence-electron chi connectivity index (χ0n) is 37.8. The molecule has 11 aromatic carbocycles. The zero-order valence-corrected chi connectivity index (χ0v) is 37.8. The van der Waals surface area contributed by atoms with Crippen LogP contribution in [-0.4, -0.2) is 24.1 Å². The quantitative estimate of drug-likeness (QED) is 0.173. The molecule has 0 fully saturated rings. The van der Waals surface area contributed by atoms with Crippen LogP contribution in [0.25, 0.3) is 144 Å². The Labute approximate surface area is 402 Å². The molecular weight excluding hydrogens is 851 g/mol. The fourth-order valence-electron chi connectivity index (χ4n) is 11.3. The first-order chi connectivity index (χ1) is 34.7. The molecule has 4 heterocycles. The van der Waals surface area contributed by atoms with Gasteiger partial charge in [0.2, 0.25) is 0 Å². The molecule has 15 rings (SSSR count). The van der Waals surface area contributed by atoms with E-state index in [9.17, 15) is 0 Å². The van der Waals surface area contributed by atoms with E-state index in [-0.39, 0.29) is 0 Å². The van der Waals surface area contributed by atoms with E-state index in [0.29, 0.717) is 17.5 Å². The fourth-order valence-corrected chi connectivity index (χ4v) is 11.3. The van der Waals surface area contributed by atoms with E-state index < -0.39 is 0 Å².